The van der Waals surface area contributed by atoms with Gasteiger partial charge in [0.1, 0.15) is 6.54 Å². The third-order valence-corrected chi connectivity index (χ3v) is 4.44. The van der Waals surface area contributed by atoms with Crippen LogP contribution in [0.1, 0.15) is 19.3 Å². The zero-order chi connectivity index (χ0) is 14.4. The summed E-state index contributed by atoms with van der Waals surface area (Å²) in [5.74, 6) is -0.136. The lowest BCUT2D eigenvalue weighted by atomic mass is 9.95. The van der Waals surface area contributed by atoms with Crippen LogP contribution in [-0.4, -0.2) is 33.7 Å². The lowest BCUT2D eigenvalue weighted by Crippen LogP contribution is -2.43. The maximum absolute atomic E-state index is 12.2. The highest BCUT2D eigenvalue weighted by Crippen LogP contribution is 2.34. The maximum atomic E-state index is 12.2. The predicted octanol–water partition coefficient (Wildman–Crippen LogP) is 0.766. The summed E-state index contributed by atoms with van der Waals surface area (Å²) >= 11 is 0. The van der Waals surface area contributed by atoms with Crippen LogP contribution >= 0.6 is 0 Å². The van der Waals surface area contributed by atoms with E-state index in [1.165, 1.54) is 4.57 Å². The molecule has 2 aliphatic heterocycles. The molecule has 2 N–H and O–H groups in total. The van der Waals surface area contributed by atoms with Crippen molar-refractivity contribution in [2.24, 2.45) is 0 Å². The lowest BCUT2D eigenvalue weighted by molar-refractivity contribution is -0.122. The standard InChI is InChI=1S/C15H17N3O3/c19-14(16-11-7-9-5-6-13(11)21-9)8-18-12-4-2-1-3-10(12)17-15(18)20/h1-4,9,11,13H,5-8H2,(H,16,19)(H,17,20)/t9-,11-,13+/m1/s1. The quantitative estimate of drug-likeness (QED) is 0.875. The Balaban J connectivity index is 1.51. The zero-order valence-corrected chi connectivity index (χ0v) is 11.5. The van der Waals surface area contributed by atoms with Crippen molar-refractivity contribution < 1.29 is 9.53 Å². The Morgan fingerprint density at radius 1 is 1.38 bits per heavy atom. The average Bonchev–Trinajstić information content (AvgIpc) is 3.14. The molecule has 2 fully saturated rings. The van der Waals surface area contributed by atoms with E-state index in [9.17, 15) is 9.59 Å². The summed E-state index contributed by atoms with van der Waals surface area (Å²) in [6.07, 6.45) is 3.45. The molecular formula is C15H17N3O3. The minimum Gasteiger partial charge on any atom is -0.373 e. The summed E-state index contributed by atoms with van der Waals surface area (Å²) in [5, 5.41) is 3.00. The molecule has 0 radical (unpaired) electrons. The number of carbonyl (C=O) groups is 1. The first kappa shape index (κ1) is 12.6. The number of imidazole rings is 1. The minimum atomic E-state index is -0.254. The molecule has 0 saturated carbocycles. The molecule has 6 nitrogen and oxygen atoms in total. The van der Waals surface area contributed by atoms with Gasteiger partial charge in [0.05, 0.1) is 29.3 Å². The van der Waals surface area contributed by atoms with Gasteiger partial charge in [-0.2, -0.15) is 0 Å². The highest BCUT2D eigenvalue weighted by Gasteiger charge is 2.41. The third kappa shape index (κ3) is 2.15. The SMILES string of the molecule is O=C(Cn1c(=O)[nH]c2ccccc21)N[C@@H]1C[C@H]2CC[C@@H]1O2. The molecule has 2 bridgehead atoms. The van der Waals surface area contributed by atoms with Crippen molar-refractivity contribution in [3.63, 3.8) is 0 Å². The van der Waals surface area contributed by atoms with E-state index in [1.807, 2.05) is 24.3 Å². The molecule has 2 saturated heterocycles. The summed E-state index contributed by atoms with van der Waals surface area (Å²) < 4.78 is 7.20. The van der Waals surface area contributed by atoms with Crippen LogP contribution in [0.25, 0.3) is 11.0 Å². The summed E-state index contributed by atoms with van der Waals surface area (Å²) in [6, 6.07) is 7.47. The number of nitrogens with zero attached hydrogens (tertiary/aromatic N) is 1. The summed E-state index contributed by atoms with van der Waals surface area (Å²) in [6.45, 7) is 0.0384. The minimum absolute atomic E-state index is 0.0384. The van der Waals surface area contributed by atoms with Gasteiger partial charge in [0.25, 0.3) is 0 Å². The van der Waals surface area contributed by atoms with Crippen molar-refractivity contribution in [3.8, 4) is 0 Å². The Kier molecular flexibility index (Phi) is 2.85. The second-order valence-electron chi connectivity index (χ2n) is 5.82. The smallest absolute Gasteiger partial charge is 0.326 e. The Hall–Kier alpha value is -2.08. The zero-order valence-electron chi connectivity index (χ0n) is 11.5. The van der Waals surface area contributed by atoms with E-state index in [0.717, 1.165) is 30.3 Å². The van der Waals surface area contributed by atoms with Gasteiger partial charge >= 0.3 is 5.69 Å². The molecule has 3 heterocycles. The van der Waals surface area contributed by atoms with Gasteiger partial charge in [-0.1, -0.05) is 12.1 Å². The van der Waals surface area contributed by atoms with Crippen LogP contribution < -0.4 is 11.0 Å². The molecule has 2 aliphatic rings. The van der Waals surface area contributed by atoms with E-state index < -0.39 is 0 Å². The van der Waals surface area contributed by atoms with Gasteiger partial charge in [0.2, 0.25) is 5.91 Å². The number of ether oxygens (including phenoxy) is 1. The summed E-state index contributed by atoms with van der Waals surface area (Å²) in [5.41, 5.74) is 1.25. The fourth-order valence-corrected chi connectivity index (χ4v) is 3.45. The number of carbonyl (C=O) groups excluding carboxylic acids is 1. The van der Waals surface area contributed by atoms with E-state index in [0.29, 0.717) is 6.10 Å². The van der Waals surface area contributed by atoms with E-state index in [4.69, 9.17) is 4.74 Å². The van der Waals surface area contributed by atoms with Gasteiger partial charge in [-0.15, -0.1) is 0 Å². The van der Waals surface area contributed by atoms with Crippen LogP contribution in [0.15, 0.2) is 29.1 Å². The van der Waals surface area contributed by atoms with Crippen LogP contribution in [0.4, 0.5) is 0 Å². The summed E-state index contributed by atoms with van der Waals surface area (Å²) in [4.78, 5) is 26.9. The second kappa shape index (κ2) is 4.73. The fourth-order valence-electron chi connectivity index (χ4n) is 3.45. The van der Waals surface area contributed by atoms with Crippen molar-refractivity contribution in [2.75, 3.05) is 0 Å². The number of hydrogen-bond acceptors (Lipinski definition) is 3. The maximum Gasteiger partial charge on any atom is 0.326 e. The van der Waals surface area contributed by atoms with E-state index in [2.05, 4.69) is 10.3 Å². The molecule has 6 heteroatoms. The molecular weight excluding hydrogens is 270 g/mol. The fraction of sp³-hybridized carbons (Fsp3) is 0.467. The lowest BCUT2D eigenvalue weighted by Gasteiger charge is -2.20. The van der Waals surface area contributed by atoms with Crippen molar-refractivity contribution in [2.45, 2.75) is 44.1 Å². The van der Waals surface area contributed by atoms with Crippen LogP contribution in [0.5, 0.6) is 0 Å². The third-order valence-electron chi connectivity index (χ3n) is 4.44. The van der Waals surface area contributed by atoms with Gasteiger partial charge in [-0.25, -0.2) is 4.79 Å². The number of hydrogen-bond donors (Lipinski definition) is 2. The molecule has 4 rings (SSSR count). The number of fused-ring (bicyclic) bond motifs is 3. The van der Waals surface area contributed by atoms with Crippen LogP contribution in [0.3, 0.4) is 0 Å². The van der Waals surface area contributed by atoms with Gasteiger partial charge < -0.3 is 15.0 Å². The Morgan fingerprint density at radius 2 is 2.24 bits per heavy atom. The van der Waals surface area contributed by atoms with Crippen molar-refractivity contribution in [1.82, 2.24) is 14.9 Å². The molecule has 0 unspecified atom stereocenters. The molecule has 1 amide bonds. The molecule has 2 aromatic rings. The van der Waals surface area contributed by atoms with Crippen LogP contribution in [-0.2, 0) is 16.1 Å². The largest absolute Gasteiger partial charge is 0.373 e. The topological polar surface area (TPSA) is 76.1 Å². The van der Waals surface area contributed by atoms with Gasteiger partial charge in [0, 0.05) is 0 Å². The van der Waals surface area contributed by atoms with E-state index in [-0.39, 0.29) is 30.3 Å². The molecule has 0 spiro atoms. The molecule has 1 aromatic heterocycles. The number of aromatic amines is 1. The first-order valence-electron chi connectivity index (χ1n) is 7.33. The molecule has 3 atom stereocenters. The van der Waals surface area contributed by atoms with Gasteiger partial charge in [-0.3, -0.25) is 9.36 Å². The number of benzene rings is 1. The highest BCUT2D eigenvalue weighted by molar-refractivity contribution is 5.80. The van der Waals surface area contributed by atoms with E-state index in [1.54, 1.807) is 0 Å². The number of H-pyrrole nitrogens is 1. The molecule has 1 aromatic carbocycles. The monoisotopic (exact) mass is 287 g/mol. The van der Waals surface area contributed by atoms with Crippen LogP contribution in [0.2, 0.25) is 0 Å². The highest BCUT2D eigenvalue weighted by atomic mass is 16.5. The van der Waals surface area contributed by atoms with Crippen molar-refractivity contribution >= 4 is 16.9 Å². The second-order valence-corrected chi connectivity index (χ2v) is 5.82. The first-order chi connectivity index (χ1) is 10.2. The number of para-hydroxylation sites is 2. The van der Waals surface area contributed by atoms with Crippen molar-refractivity contribution in [1.29, 1.82) is 0 Å². The number of amides is 1. The van der Waals surface area contributed by atoms with Gasteiger partial charge in [0.15, 0.2) is 0 Å². The average molecular weight is 287 g/mol. The number of aromatic nitrogens is 2. The number of nitrogens with one attached hydrogen (secondary N) is 2. The summed E-state index contributed by atoms with van der Waals surface area (Å²) in [7, 11) is 0. The molecule has 21 heavy (non-hydrogen) atoms. The Labute approximate surface area is 121 Å². The Bertz CT molecular complexity index is 748. The van der Waals surface area contributed by atoms with Crippen LogP contribution in [0, 0.1) is 0 Å². The predicted molar refractivity (Wildman–Crippen MR) is 77.0 cm³/mol. The number of rotatable bonds is 3. The molecule has 0 aliphatic carbocycles. The van der Waals surface area contributed by atoms with E-state index >= 15 is 0 Å². The normalized spacial score (nSPS) is 27.3. The van der Waals surface area contributed by atoms with Gasteiger partial charge in [-0.05, 0) is 31.4 Å². The first-order valence-corrected chi connectivity index (χ1v) is 7.33. The van der Waals surface area contributed by atoms with Crippen molar-refractivity contribution in [3.05, 3.63) is 34.7 Å². The molecule has 110 valence electrons. The Morgan fingerprint density at radius 3 is 3.00 bits per heavy atom.